The minimum atomic E-state index is -1.09. The summed E-state index contributed by atoms with van der Waals surface area (Å²) in [5.41, 5.74) is 1.36. The highest BCUT2D eigenvalue weighted by Gasteiger charge is 2.32. The molecule has 2 aromatic carbocycles. The number of aliphatic carboxylic acids is 1. The van der Waals surface area contributed by atoms with Crippen LogP contribution in [0.3, 0.4) is 0 Å². The number of hydrogen-bond acceptors (Lipinski definition) is 8. The number of piperazine rings is 1. The monoisotopic (exact) mass is 591 g/mol. The molecule has 220 valence electrons. The summed E-state index contributed by atoms with van der Waals surface area (Å²) < 4.78 is 5.04. The van der Waals surface area contributed by atoms with Gasteiger partial charge in [0.2, 0.25) is 5.91 Å². The summed E-state index contributed by atoms with van der Waals surface area (Å²) >= 11 is 1.40. The lowest BCUT2D eigenvalue weighted by Gasteiger charge is -2.36. The zero-order chi connectivity index (χ0) is 30.1. The molecular weight excluding hydrogens is 558 g/mol. The first-order chi connectivity index (χ1) is 20.3. The van der Waals surface area contributed by atoms with Gasteiger partial charge in [0.15, 0.2) is 5.82 Å². The molecule has 4 rings (SSSR count). The number of hydrogen-bond donors (Lipinski definition) is 2. The van der Waals surface area contributed by atoms with E-state index in [2.05, 4.69) is 10.3 Å². The van der Waals surface area contributed by atoms with Gasteiger partial charge >= 0.3 is 12.1 Å². The maximum absolute atomic E-state index is 13.7. The molecular formula is C30H33N5O6S. The topological polar surface area (TPSA) is 142 Å². The lowest BCUT2D eigenvalue weighted by Crippen LogP contribution is -2.56. The molecule has 1 aliphatic rings. The van der Waals surface area contributed by atoms with Crippen molar-refractivity contribution in [2.75, 3.05) is 32.8 Å². The summed E-state index contributed by atoms with van der Waals surface area (Å²) in [6.45, 7) is 4.74. The van der Waals surface area contributed by atoms with Crippen molar-refractivity contribution in [3.05, 3.63) is 71.9 Å². The molecule has 0 bridgehead atoms. The molecule has 0 unspecified atom stereocenters. The number of rotatable bonds is 10. The van der Waals surface area contributed by atoms with Crippen LogP contribution in [0.5, 0.6) is 0 Å². The van der Waals surface area contributed by atoms with Crippen molar-refractivity contribution < 1.29 is 29.0 Å². The minimum Gasteiger partial charge on any atom is -0.481 e. The molecule has 1 atom stereocenters. The van der Waals surface area contributed by atoms with E-state index in [1.54, 1.807) is 13.8 Å². The molecule has 1 saturated heterocycles. The number of ether oxygens (including phenoxy) is 1. The number of nitrogens with zero attached hydrogens (tertiary/aromatic N) is 4. The summed E-state index contributed by atoms with van der Waals surface area (Å²) in [4.78, 5) is 64.0. The van der Waals surface area contributed by atoms with Gasteiger partial charge in [0.05, 0.1) is 6.61 Å². The number of amides is 3. The van der Waals surface area contributed by atoms with Gasteiger partial charge in [-0.3, -0.25) is 14.4 Å². The molecule has 1 aliphatic heterocycles. The molecule has 2 N–H and O–H groups in total. The third-order valence-electron chi connectivity index (χ3n) is 6.67. The fraction of sp³-hybridized carbons (Fsp3) is 0.333. The summed E-state index contributed by atoms with van der Waals surface area (Å²) in [6.07, 6.45) is -0.857. The van der Waals surface area contributed by atoms with E-state index in [0.717, 1.165) is 10.5 Å². The Balaban J connectivity index is 1.59. The second-order valence-corrected chi connectivity index (χ2v) is 10.6. The maximum atomic E-state index is 13.7. The van der Waals surface area contributed by atoms with E-state index >= 15 is 0 Å². The van der Waals surface area contributed by atoms with Crippen molar-refractivity contribution in [2.45, 2.75) is 42.7 Å². The number of carbonyl (C=O) groups excluding carboxylic acids is 3. The molecule has 11 nitrogen and oxygen atoms in total. The molecule has 12 heteroatoms. The molecule has 0 saturated carbocycles. The third kappa shape index (κ3) is 7.84. The van der Waals surface area contributed by atoms with E-state index < -0.39 is 29.9 Å². The van der Waals surface area contributed by atoms with Crippen molar-refractivity contribution >= 4 is 35.6 Å². The molecule has 0 aliphatic carbocycles. The Morgan fingerprint density at radius 1 is 0.952 bits per heavy atom. The molecule has 0 spiro atoms. The van der Waals surface area contributed by atoms with E-state index in [1.807, 2.05) is 60.7 Å². The van der Waals surface area contributed by atoms with Crippen LogP contribution in [0.25, 0.3) is 11.4 Å². The Kier molecular flexibility index (Phi) is 10.5. The van der Waals surface area contributed by atoms with Gasteiger partial charge in [-0.2, -0.15) is 0 Å². The largest absolute Gasteiger partial charge is 0.481 e. The lowest BCUT2D eigenvalue weighted by molar-refractivity contribution is -0.138. The third-order valence-corrected chi connectivity index (χ3v) is 7.77. The van der Waals surface area contributed by atoms with Crippen LogP contribution in [-0.2, 0) is 14.3 Å². The zero-order valence-corrected chi connectivity index (χ0v) is 24.3. The number of benzene rings is 2. The first-order valence-electron chi connectivity index (χ1n) is 13.7. The molecule has 2 heterocycles. The SMILES string of the molecule is CCOC(=O)N1CCN(C(=O)[C@H](CCC(=O)O)NC(=O)c2nc(-c3ccccc3)nc(Sc3ccccc3)c2C)CC1. The van der Waals surface area contributed by atoms with E-state index in [9.17, 15) is 24.3 Å². The highest BCUT2D eigenvalue weighted by Crippen LogP contribution is 2.31. The van der Waals surface area contributed by atoms with Gasteiger partial charge in [-0.15, -0.1) is 0 Å². The summed E-state index contributed by atoms with van der Waals surface area (Å²) in [5.74, 6) is -1.74. The van der Waals surface area contributed by atoms with Crippen LogP contribution < -0.4 is 5.32 Å². The maximum Gasteiger partial charge on any atom is 0.409 e. The number of carboxylic acids is 1. The summed E-state index contributed by atoms with van der Waals surface area (Å²) in [6, 6.07) is 17.8. The van der Waals surface area contributed by atoms with E-state index in [1.165, 1.54) is 21.6 Å². The van der Waals surface area contributed by atoms with Crippen LogP contribution in [0, 0.1) is 6.92 Å². The van der Waals surface area contributed by atoms with Crippen LogP contribution in [0.15, 0.2) is 70.6 Å². The molecule has 0 radical (unpaired) electrons. The van der Waals surface area contributed by atoms with E-state index in [-0.39, 0.29) is 51.3 Å². The van der Waals surface area contributed by atoms with Gasteiger partial charge in [-0.05, 0) is 32.4 Å². The number of carbonyl (C=O) groups is 4. The van der Waals surface area contributed by atoms with Crippen molar-refractivity contribution in [3.8, 4) is 11.4 Å². The van der Waals surface area contributed by atoms with Crippen molar-refractivity contribution in [1.29, 1.82) is 0 Å². The first kappa shape index (κ1) is 30.5. The molecule has 1 fully saturated rings. The van der Waals surface area contributed by atoms with Crippen LogP contribution in [-0.4, -0.2) is 87.6 Å². The van der Waals surface area contributed by atoms with Gasteiger partial charge in [0.25, 0.3) is 5.91 Å². The van der Waals surface area contributed by atoms with Crippen molar-refractivity contribution in [3.63, 3.8) is 0 Å². The number of carboxylic acid groups (broad SMARTS) is 1. The van der Waals surface area contributed by atoms with Crippen molar-refractivity contribution in [1.82, 2.24) is 25.1 Å². The number of aromatic nitrogens is 2. The first-order valence-corrected chi connectivity index (χ1v) is 14.5. The molecule has 42 heavy (non-hydrogen) atoms. The van der Waals surface area contributed by atoms with Gasteiger partial charge in [-0.25, -0.2) is 14.8 Å². The lowest BCUT2D eigenvalue weighted by atomic mass is 10.1. The van der Waals surface area contributed by atoms with Gasteiger partial charge in [0, 0.05) is 48.6 Å². The Bertz CT molecular complexity index is 1410. The Morgan fingerprint density at radius 3 is 2.19 bits per heavy atom. The standard InChI is InChI=1S/C30H33N5O6S/c1-3-41-30(40)35-18-16-34(17-19-35)29(39)23(14-15-24(36)37)31-27(38)25-20(2)28(42-22-12-8-5-9-13-22)33-26(32-25)21-10-6-4-7-11-21/h4-13,23H,3,14-19H2,1-2H3,(H,31,38)(H,36,37)/t23-/m0/s1. The minimum absolute atomic E-state index is 0.0979. The fourth-order valence-corrected chi connectivity index (χ4v) is 5.33. The fourth-order valence-electron chi connectivity index (χ4n) is 4.43. The second-order valence-electron chi connectivity index (χ2n) is 9.58. The molecule has 3 amide bonds. The predicted octanol–water partition coefficient (Wildman–Crippen LogP) is 3.87. The normalized spacial score (nSPS) is 13.8. The highest BCUT2D eigenvalue weighted by molar-refractivity contribution is 7.99. The average molecular weight is 592 g/mol. The predicted molar refractivity (Wildman–Crippen MR) is 156 cm³/mol. The second kappa shape index (κ2) is 14.4. The van der Waals surface area contributed by atoms with E-state index in [4.69, 9.17) is 9.72 Å². The number of nitrogens with one attached hydrogen (secondary N) is 1. The van der Waals surface area contributed by atoms with Gasteiger partial charge < -0.3 is 25.0 Å². The van der Waals surface area contributed by atoms with Gasteiger partial charge in [-0.1, -0.05) is 60.3 Å². The zero-order valence-electron chi connectivity index (χ0n) is 23.5. The summed E-state index contributed by atoms with van der Waals surface area (Å²) in [7, 11) is 0. The Hall–Kier alpha value is -4.45. The van der Waals surface area contributed by atoms with Crippen LogP contribution in [0.1, 0.15) is 35.8 Å². The highest BCUT2D eigenvalue weighted by atomic mass is 32.2. The van der Waals surface area contributed by atoms with Crippen LogP contribution in [0.2, 0.25) is 0 Å². The van der Waals surface area contributed by atoms with Crippen LogP contribution in [0.4, 0.5) is 4.79 Å². The van der Waals surface area contributed by atoms with E-state index in [0.29, 0.717) is 16.4 Å². The smallest absolute Gasteiger partial charge is 0.409 e. The Labute approximate surface area is 248 Å². The van der Waals surface area contributed by atoms with Crippen molar-refractivity contribution in [2.24, 2.45) is 0 Å². The molecule has 3 aromatic rings. The van der Waals surface area contributed by atoms with Gasteiger partial charge in [0.1, 0.15) is 16.8 Å². The quantitative estimate of drug-likeness (QED) is 0.336. The Morgan fingerprint density at radius 2 is 1.57 bits per heavy atom. The van der Waals surface area contributed by atoms with Crippen LogP contribution >= 0.6 is 11.8 Å². The molecule has 1 aromatic heterocycles. The average Bonchev–Trinajstić information content (AvgIpc) is 3.01. The summed E-state index contributed by atoms with van der Waals surface area (Å²) in [5, 5.41) is 12.7.